The zero-order valence-corrected chi connectivity index (χ0v) is 12.3. The van der Waals surface area contributed by atoms with Crippen molar-refractivity contribution in [2.45, 2.75) is 0 Å². The minimum absolute atomic E-state index is 0.284. The van der Waals surface area contributed by atoms with E-state index in [-0.39, 0.29) is 5.82 Å². The number of aromatic nitrogens is 3. The van der Waals surface area contributed by atoms with E-state index in [0.717, 1.165) is 10.0 Å². The van der Waals surface area contributed by atoms with Gasteiger partial charge in [0.2, 0.25) is 5.88 Å². The molecule has 1 aromatic carbocycles. The molecule has 21 heavy (non-hydrogen) atoms. The van der Waals surface area contributed by atoms with Crippen molar-refractivity contribution in [2.24, 2.45) is 0 Å². The first kappa shape index (κ1) is 13.6. The van der Waals surface area contributed by atoms with Gasteiger partial charge in [-0.3, -0.25) is 4.98 Å². The fourth-order valence-corrected chi connectivity index (χ4v) is 2.06. The number of halogens is 2. The van der Waals surface area contributed by atoms with Gasteiger partial charge in [-0.2, -0.15) is 0 Å². The van der Waals surface area contributed by atoms with Crippen LogP contribution >= 0.6 is 15.9 Å². The second-order valence-electron chi connectivity index (χ2n) is 4.20. The minimum Gasteiger partial charge on any atom is -0.436 e. The van der Waals surface area contributed by atoms with Gasteiger partial charge in [0.15, 0.2) is 0 Å². The van der Waals surface area contributed by atoms with Gasteiger partial charge in [-0.1, -0.05) is 0 Å². The summed E-state index contributed by atoms with van der Waals surface area (Å²) in [5, 5.41) is 8.06. The lowest BCUT2D eigenvalue weighted by molar-refractivity contribution is 0.453. The average molecular weight is 346 g/mol. The molecule has 0 bridgehead atoms. The molecule has 2 aromatic heterocycles. The zero-order valence-electron chi connectivity index (χ0n) is 10.7. The van der Waals surface area contributed by atoms with E-state index < -0.39 is 0 Å². The summed E-state index contributed by atoms with van der Waals surface area (Å²) in [5.41, 5.74) is 1.44. The molecule has 4 nitrogen and oxygen atoms in total. The number of hydrogen-bond donors (Lipinski definition) is 0. The standard InChI is InChI=1S/C15H9BrFN3O/c16-11-7-13(9-18-8-11)21-15-6-5-14(19-20-15)10-1-3-12(17)4-2-10/h1-9H. The summed E-state index contributed by atoms with van der Waals surface area (Å²) in [6.07, 6.45) is 3.25. The maximum absolute atomic E-state index is 12.9. The molecule has 0 fully saturated rings. The maximum Gasteiger partial charge on any atom is 0.238 e. The highest BCUT2D eigenvalue weighted by atomic mass is 79.9. The molecule has 0 unspecified atom stereocenters. The smallest absolute Gasteiger partial charge is 0.238 e. The Labute approximate surface area is 128 Å². The van der Waals surface area contributed by atoms with Gasteiger partial charge in [-0.15, -0.1) is 10.2 Å². The van der Waals surface area contributed by atoms with Gasteiger partial charge in [0, 0.05) is 22.3 Å². The molecule has 0 saturated heterocycles. The van der Waals surface area contributed by atoms with E-state index in [1.165, 1.54) is 12.1 Å². The lowest BCUT2D eigenvalue weighted by atomic mass is 10.1. The number of benzene rings is 1. The third-order valence-corrected chi connectivity index (χ3v) is 3.12. The molecule has 0 spiro atoms. The number of hydrogen-bond acceptors (Lipinski definition) is 4. The molecule has 2 heterocycles. The first-order valence-electron chi connectivity index (χ1n) is 6.09. The topological polar surface area (TPSA) is 47.9 Å². The van der Waals surface area contributed by atoms with Gasteiger partial charge in [0.1, 0.15) is 11.6 Å². The van der Waals surface area contributed by atoms with Crippen LogP contribution in [-0.2, 0) is 0 Å². The Morgan fingerprint density at radius 3 is 2.43 bits per heavy atom. The normalized spacial score (nSPS) is 10.4. The van der Waals surface area contributed by atoms with Crippen molar-refractivity contribution in [3.05, 3.63) is 65.1 Å². The van der Waals surface area contributed by atoms with Crippen LogP contribution in [0.1, 0.15) is 0 Å². The molecule has 0 aliphatic carbocycles. The minimum atomic E-state index is -0.284. The van der Waals surface area contributed by atoms with Crippen molar-refractivity contribution in [2.75, 3.05) is 0 Å². The van der Waals surface area contributed by atoms with E-state index in [1.807, 2.05) is 0 Å². The van der Waals surface area contributed by atoms with Gasteiger partial charge in [0.05, 0.1) is 11.9 Å². The lowest BCUT2D eigenvalue weighted by Crippen LogP contribution is -1.93. The molecular formula is C15H9BrFN3O. The third kappa shape index (κ3) is 3.41. The fraction of sp³-hybridized carbons (Fsp3) is 0. The molecular weight excluding hydrogens is 337 g/mol. The van der Waals surface area contributed by atoms with Gasteiger partial charge >= 0.3 is 0 Å². The molecule has 0 aliphatic heterocycles. The number of rotatable bonds is 3. The molecule has 0 aliphatic rings. The summed E-state index contributed by atoms with van der Waals surface area (Å²) in [5.74, 6) is 0.641. The van der Waals surface area contributed by atoms with Crippen LogP contribution in [0.3, 0.4) is 0 Å². The molecule has 0 N–H and O–H groups in total. The van der Waals surface area contributed by atoms with Crippen LogP contribution in [-0.4, -0.2) is 15.2 Å². The fourth-order valence-electron chi connectivity index (χ4n) is 1.72. The van der Waals surface area contributed by atoms with Crippen LogP contribution in [0.5, 0.6) is 11.6 Å². The Morgan fingerprint density at radius 1 is 0.952 bits per heavy atom. The molecule has 3 rings (SSSR count). The molecule has 6 heteroatoms. The highest BCUT2D eigenvalue weighted by Gasteiger charge is 2.04. The Kier molecular flexibility index (Phi) is 3.87. The third-order valence-electron chi connectivity index (χ3n) is 2.68. The van der Waals surface area contributed by atoms with E-state index in [9.17, 15) is 4.39 Å². The molecule has 3 aromatic rings. The lowest BCUT2D eigenvalue weighted by Gasteiger charge is -2.05. The van der Waals surface area contributed by atoms with Crippen molar-refractivity contribution in [1.29, 1.82) is 0 Å². The number of nitrogens with zero attached hydrogens (tertiary/aromatic N) is 3. The summed E-state index contributed by atoms with van der Waals surface area (Å²) in [6, 6.07) is 11.3. The Hall–Kier alpha value is -2.34. The first-order valence-corrected chi connectivity index (χ1v) is 6.88. The zero-order chi connectivity index (χ0) is 14.7. The van der Waals surface area contributed by atoms with Crippen LogP contribution in [0.15, 0.2) is 59.3 Å². The summed E-state index contributed by atoms with van der Waals surface area (Å²) in [4.78, 5) is 4.00. The van der Waals surface area contributed by atoms with Crippen LogP contribution in [0.4, 0.5) is 4.39 Å². The van der Waals surface area contributed by atoms with Gasteiger partial charge in [0.25, 0.3) is 0 Å². The van der Waals surface area contributed by atoms with Gasteiger partial charge < -0.3 is 4.74 Å². The van der Waals surface area contributed by atoms with Crippen LogP contribution in [0.25, 0.3) is 11.3 Å². The van der Waals surface area contributed by atoms with E-state index in [1.54, 1.807) is 42.7 Å². The summed E-state index contributed by atoms with van der Waals surface area (Å²) < 4.78 is 19.2. The van der Waals surface area contributed by atoms with Crippen molar-refractivity contribution in [1.82, 2.24) is 15.2 Å². The van der Waals surface area contributed by atoms with Crippen molar-refractivity contribution in [3.63, 3.8) is 0 Å². The quantitative estimate of drug-likeness (QED) is 0.712. The Morgan fingerprint density at radius 2 is 1.76 bits per heavy atom. The molecule has 0 atom stereocenters. The second kappa shape index (κ2) is 5.97. The van der Waals surface area contributed by atoms with Crippen LogP contribution in [0, 0.1) is 5.82 Å². The first-order chi connectivity index (χ1) is 10.2. The van der Waals surface area contributed by atoms with Crippen molar-refractivity contribution in [3.8, 4) is 22.9 Å². The SMILES string of the molecule is Fc1ccc(-c2ccc(Oc3cncc(Br)c3)nn2)cc1. The monoisotopic (exact) mass is 345 g/mol. The highest BCUT2D eigenvalue weighted by Crippen LogP contribution is 2.23. The van der Waals surface area contributed by atoms with E-state index in [0.29, 0.717) is 17.3 Å². The van der Waals surface area contributed by atoms with E-state index >= 15 is 0 Å². The maximum atomic E-state index is 12.9. The Bertz CT molecular complexity index is 748. The average Bonchev–Trinajstić information content (AvgIpc) is 2.49. The second-order valence-corrected chi connectivity index (χ2v) is 5.12. The van der Waals surface area contributed by atoms with Crippen LogP contribution in [0.2, 0.25) is 0 Å². The number of pyridine rings is 1. The predicted octanol–water partition coefficient (Wildman–Crippen LogP) is 4.23. The highest BCUT2D eigenvalue weighted by molar-refractivity contribution is 9.10. The van der Waals surface area contributed by atoms with E-state index in [2.05, 4.69) is 31.1 Å². The van der Waals surface area contributed by atoms with Crippen LogP contribution < -0.4 is 4.74 Å². The van der Waals surface area contributed by atoms with Gasteiger partial charge in [-0.05, 0) is 52.3 Å². The molecule has 0 radical (unpaired) electrons. The van der Waals surface area contributed by atoms with Crippen molar-refractivity contribution >= 4 is 15.9 Å². The van der Waals surface area contributed by atoms with E-state index in [4.69, 9.17) is 4.74 Å². The summed E-state index contributed by atoms with van der Waals surface area (Å²) >= 11 is 3.31. The molecule has 0 saturated carbocycles. The predicted molar refractivity (Wildman–Crippen MR) is 79.4 cm³/mol. The summed E-state index contributed by atoms with van der Waals surface area (Å²) in [7, 11) is 0. The molecule has 104 valence electrons. The largest absolute Gasteiger partial charge is 0.436 e. The van der Waals surface area contributed by atoms with Crippen molar-refractivity contribution < 1.29 is 9.13 Å². The number of ether oxygens (including phenoxy) is 1. The molecule has 0 amide bonds. The van der Waals surface area contributed by atoms with Gasteiger partial charge in [-0.25, -0.2) is 4.39 Å². The Balaban J connectivity index is 1.79. The summed E-state index contributed by atoms with van der Waals surface area (Å²) in [6.45, 7) is 0.